The van der Waals surface area contributed by atoms with E-state index in [-0.39, 0.29) is 0 Å². The van der Waals surface area contributed by atoms with Gasteiger partial charge in [0.1, 0.15) is 0 Å². The number of rotatable bonds is 3. The van der Waals surface area contributed by atoms with Crippen LogP contribution in [0.15, 0.2) is 0 Å². The van der Waals surface area contributed by atoms with Crippen molar-refractivity contribution in [2.45, 2.75) is 58.7 Å². The average molecular weight is 254 g/mol. The van der Waals surface area contributed by atoms with Crippen LogP contribution in [0.1, 0.15) is 40.5 Å². The fourth-order valence-corrected chi connectivity index (χ4v) is 3.66. The van der Waals surface area contributed by atoms with Crippen LogP contribution in [-0.2, 0) is 4.74 Å². The van der Waals surface area contributed by atoms with Crippen LogP contribution in [0.3, 0.4) is 0 Å². The molecule has 0 amide bonds. The molecule has 0 radical (unpaired) electrons. The molecule has 0 aromatic carbocycles. The van der Waals surface area contributed by atoms with Crippen molar-refractivity contribution in [3.8, 4) is 0 Å². The first-order chi connectivity index (χ1) is 8.58. The third kappa shape index (κ3) is 3.46. The third-order valence-corrected chi connectivity index (χ3v) is 4.83. The molecule has 2 saturated heterocycles. The SMILES string of the molecule is CC1CC(C)C(C)N(C(C)CC2COCCN2)C1. The Labute approximate surface area is 112 Å². The Kier molecular flexibility index (Phi) is 5.05. The van der Waals surface area contributed by atoms with Gasteiger partial charge >= 0.3 is 0 Å². The number of nitrogens with zero attached hydrogens (tertiary/aromatic N) is 1. The molecule has 3 nitrogen and oxygen atoms in total. The van der Waals surface area contributed by atoms with E-state index in [4.69, 9.17) is 4.74 Å². The van der Waals surface area contributed by atoms with Crippen LogP contribution in [0.2, 0.25) is 0 Å². The van der Waals surface area contributed by atoms with Gasteiger partial charge in [-0.15, -0.1) is 0 Å². The first-order valence-electron chi connectivity index (χ1n) is 7.64. The number of morpholine rings is 1. The van der Waals surface area contributed by atoms with Gasteiger partial charge in [-0.1, -0.05) is 13.8 Å². The normalized spacial score (nSPS) is 40.7. The van der Waals surface area contributed by atoms with Crippen LogP contribution in [0.4, 0.5) is 0 Å². The number of ether oxygens (including phenoxy) is 1. The Morgan fingerprint density at radius 3 is 2.78 bits per heavy atom. The highest BCUT2D eigenvalue weighted by Crippen LogP contribution is 2.29. The Morgan fingerprint density at radius 1 is 1.33 bits per heavy atom. The second-order valence-electron chi connectivity index (χ2n) is 6.57. The molecule has 3 heteroatoms. The van der Waals surface area contributed by atoms with Gasteiger partial charge in [-0.05, 0) is 38.5 Å². The van der Waals surface area contributed by atoms with Gasteiger partial charge in [-0.3, -0.25) is 4.90 Å². The maximum atomic E-state index is 5.56. The molecule has 5 atom stereocenters. The lowest BCUT2D eigenvalue weighted by Crippen LogP contribution is -2.52. The number of piperidine rings is 1. The molecule has 18 heavy (non-hydrogen) atoms. The van der Waals surface area contributed by atoms with Gasteiger partial charge < -0.3 is 10.1 Å². The van der Waals surface area contributed by atoms with Crippen molar-refractivity contribution in [1.82, 2.24) is 10.2 Å². The topological polar surface area (TPSA) is 24.5 Å². The van der Waals surface area contributed by atoms with Crippen LogP contribution in [0.5, 0.6) is 0 Å². The lowest BCUT2D eigenvalue weighted by atomic mass is 9.84. The van der Waals surface area contributed by atoms with Crippen molar-refractivity contribution in [2.24, 2.45) is 11.8 Å². The number of hydrogen-bond donors (Lipinski definition) is 1. The van der Waals surface area contributed by atoms with Crippen molar-refractivity contribution >= 4 is 0 Å². The van der Waals surface area contributed by atoms with Crippen molar-refractivity contribution in [3.05, 3.63) is 0 Å². The molecule has 2 aliphatic heterocycles. The lowest BCUT2D eigenvalue weighted by molar-refractivity contribution is 0.0222. The first-order valence-corrected chi connectivity index (χ1v) is 7.64. The zero-order valence-corrected chi connectivity index (χ0v) is 12.5. The highest BCUT2D eigenvalue weighted by atomic mass is 16.5. The summed E-state index contributed by atoms with van der Waals surface area (Å²) in [6.45, 7) is 13.6. The molecule has 0 aromatic rings. The second kappa shape index (κ2) is 6.36. The zero-order chi connectivity index (χ0) is 13.1. The standard InChI is InChI=1S/C15H30N2O/c1-11-7-12(2)14(4)17(9-11)13(3)8-15-10-18-6-5-16-15/h11-16H,5-10H2,1-4H3. The number of nitrogens with one attached hydrogen (secondary N) is 1. The quantitative estimate of drug-likeness (QED) is 0.835. The summed E-state index contributed by atoms with van der Waals surface area (Å²) in [4.78, 5) is 2.72. The molecule has 1 N–H and O–H groups in total. The summed E-state index contributed by atoms with van der Waals surface area (Å²) in [7, 11) is 0. The molecule has 2 aliphatic rings. The molecule has 2 rings (SSSR count). The molecule has 0 bridgehead atoms. The number of likely N-dealkylation sites (tertiary alicyclic amines) is 1. The third-order valence-electron chi connectivity index (χ3n) is 4.83. The molecule has 5 unspecified atom stereocenters. The molecule has 106 valence electrons. The minimum Gasteiger partial charge on any atom is -0.379 e. The van der Waals surface area contributed by atoms with E-state index < -0.39 is 0 Å². The monoisotopic (exact) mass is 254 g/mol. The Balaban J connectivity index is 1.88. The summed E-state index contributed by atoms with van der Waals surface area (Å²) >= 11 is 0. The van der Waals surface area contributed by atoms with Gasteiger partial charge in [-0.25, -0.2) is 0 Å². The first kappa shape index (κ1) is 14.3. The molecular formula is C15H30N2O. The van der Waals surface area contributed by atoms with E-state index in [0.717, 1.165) is 37.6 Å². The Morgan fingerprint density at radius 2 is 2.11 bits per heavy atom. The number of hydrogen-bond acceptors (Lipinski definition) is 3. The lowest BCUT2D eigenvalue weighted by Gasteiger charge is -2.45. The highest BCUT2D eigenvalue weighted by molar-refractivity contribution is 4.87. The molecule has 0 aromatic heterocycles. The molecule has 2 heterocycles. The summed E-state index contributed by atoms with van der Waals surface area (Å²) in [6, 6.07) is 1.93. The van der Waals surface area contributed by atoms with Gasteiger partial charge in [-0.2, -0.15) is 0 Å². The Bertz CT molecular complexity index is 253. The van der Waals surface area contributed by atoms with E-state index in [1.54, 1.807) is 0 Å². The summed E-state index contributed by atoms with van der Waals surface area (Å²) in [5.74, 6) is 1.67. The summed E-state index contributed by atoms with van der Waals surface area (Å²) in [6.07, 6.45) is 2.60. The average Bonchev–Trinajstić information content (AvgIpc) is 2.35. The zero-order valence-electron chi connectivity index (χ0n) is 12.5. The van der Waals surface area contributed by atoms with Crippen molar-refractivity contribution < 1.29 is 4.74 Å². The predicted molar refractivity (Wildman–Crippen MR) is 75.8 cm³/mol. The van der Waals surface area contributed by atoms with E-state index in [1.165, 1.54) is 19.4 Å². The van der Waals surface area contributed by atoms with E-state index in [2.05, 4.69) is 37.9 Å². The van der Waals surface area contributed by atoms with Crippen LogP contribution in [0.25, 0.3) is 0 Å². The summed E-state index contributed by atoms with van der Waals surface area (Å²) < 4.78 is 5.56. The van der Waals surface area contributed by atoms with E-state index in [9.17, 15) is 0 Å². The second-order valence-corrected chi connectivity index (χ2v) is 6.57. The van der Waals surface area contributed by atoms with Crippen molar-refractivity contribution in [3.63, 3.8) is 0 Å². The van der Waals surface area contributed by atoms with Crippen LogP contribution < -0.4 is 5.32 Å². The van der Waals surface area contributed by atoms with E-state index in [0.29, 0.717) is 12.1 Å². The van der Waals surface area contributed by atoms with Crippen molar-refractivity contribution in [1.29, 1.82) is 0 Å². The fourth-order valence-electron chi connectivity index (χ4n) is 3.66. The smallest absolute Gasteiger partial charge is 0.0620 e. The largest absolute Gasteiger partial charge is 0.379 e. The molecule has 0 saturated carbocycles. The molecule has 0 spiro atoms. The summed E-state index contributed by atoms with van der Waals surface area (Å²) in [5.41, 5.74) is 0. The van der Waals surface area contributed by atoms with Crippen LogP contribution in [0, 0.1) is 11.8 Å². The van der Waals surface area contributed by atoms with Crippen molar-refractivity contribution in [2.75, 3.05) is 26.3 Å². The van der Waals surface area contributed by atoms with Gasteiger partial charge in [0.05, 0.1) is 13.2 Å². The van der Waals surface area contributed by atoms with Crippen LogP contribution in [-0.4, -0.2) is 49.3 Å². The van der Waals surface area contributed by atoms with Crippen LogP contribution >= 0.6 is 0 Å². The van der Waals surface area contributed by atoms with Gasteiger partial charge in [0.15, 0.2) is 0 Å². The fraction of sp³-hybridized carbons (Fsp3) is 1.00. The molecule has 0 aliphatic carbocycles. The van der Waals surface area contributed by atoms with E-state index in [1.807, 2.05) is 0 Å². The molecular weight excluding hydrogens is 224 g/mol. The maximum Gasteiger partial charge on any atom is 0.0620 e. The Hall–Kier alpha value is -0.120. The van der Waals surface area contributed by atoms with Gasteiger partial charge in [0.25, 0.3) is 0 Å². The highest BCUT2D eigenvalue weighted by Gasteiger charge is 2.32. The minimum atomic E-state index is 0.550. The maximum absolute atomic E-state index is 5.56. The molecule has 2 fully saturated rings. The van der Waals surface area contributed by atoms with Gasteiger partial charge in [0.2, 0.25) is 0 Å². The van der Waals surface area contributed by atoms with E-state index >= 15 is 0 Å². The summed E-state index contributed by atoms with van der Waals surface area (Å²) in [5, 5.41) is 3.57. The van der Waals surface area contributed by atoms with Gasteiger partial charge in [0, 0.05) is 31.2 Å². The predicted octanol–water partition coefficient (Wildman–Crippen LogP) is 2.12. The minimum absolute atomic E-state index is 0.550.